The summed E-state index contributed by atoms with van der Waals surface area (Å²) >= 11 is 3.52. The average Bonchev–Trinajstić information content (AvgIpc) is 2.17. The Balaban J connectivity index is 2.73. The van der Waals surface area contributed by atoms with Crippen LogP contribution in [0.25, 0.3) is 0 Å². The Morgan fingerprint density at radius 3 is 2.93 bits per heavy atom. The molecule has 0 bridgehead atoms. The lowest BCUT2D eigenvalue weighted by Crippen LogP contribution is -2.23. The minimum Gasteiger partial charge on any atom is -0.481 e. The fourth-order valence-electron chi connectivity index (χ4n) is 1.23. The van der Waals surface area contributed by atoms with Crippen molar-refractivity contribution in [2.24, 2.45) is 0 Å². The van der Waals surface area contributed by atoms with Crippen LogP contribution in [0.2, 0.25) is 0 Å². The summed E-state index contributed by atoms with van der Waals surface area (Å²) in [5.41, 5.74) is 1.11. The number of anilines is 1. The molecule has 1 atom stereocenters. The van der Waals surface area contributed by atoms with Crippen LogP contribution < -0.4 is 9.64 Å². The Kier molecular flexibility index (Phi) is 4.20. The van der Waals surface area contributed by atoms with Crippen LogP contribution in [-0.4, -0.2) is 30.5 Å². The molecule has 0 saturated heterocycles. The summed E-state index contributed by atoms with van der Waals surface area (Å²) in [4.78, 5) is 6.68. The van der Waals surface area contributed by atoms with E-state index in [1.165, 1.54) is 0 Å². The molecular weight excluding hydrogens is 244 g/mol. The molecule has 1 aromatic rings. The van der Waals surface area contributed by atoms with Gasteiger partial charge in [0, 0.05) is 36.4 Å². The maximum atomic E-state index is 5.06. The predicted molar refractivity (Wildman–Crippen MR) is 62.4 cm³/mol. The van der Waals surface area contributed by atoms with Crippen LogP contribution in [0.4, 0.5) is 5.69 Å². The van der Waals surface area contributed by atoms with Crippen LogP contribution in [0.3, 0.4) is 0 Å². The van der Waals surface area contributed by atoms with E-state index in [2.05, 4.69) is 32.7 Å². The highest BCUT2D eigenvalue weighted by Gasteiger charge is 2.05. The molecule has 14 heavy (non-hydrogen) atoms. The number of pyridine rings is 1. The predicted octanol–water partition coefficient (Wildman–Crippen LogP) is 2.31. The van der Waals surface area contributed by atoms with Gasteiger partial charge < -0.3 is 9.64 Å². The molecule has 1 aromatic heterocycles. The van der Waals surface area contributed by atoms with E-state index in [1.54, 1.807) is 13.3 Å². The molecule has 1 rings (SSSR count). The van der Waals surface area contributed by atoms with E-state index in [4.69, 9.17) is 4.74 Å². The molecule has 1 heterocycles. The van der Waals surface area contributed by atoms with Crippen molar-refractivity contribution < 1.29 is 4.74 Å². The SMILES string of the molecule is COc1cc(N(C)CC(C)Br)ccn1. The summed E-state index contributed by atoms with van der Waals surface area (Å²) in [5, 5.41) is 0. The van der Waals surface area contributed by atoms with E-state index in [9.17, 15) is 0 Å². The number of hydrogen-bond donors (Lipinski definition) is 0. The lowest BCUT2D eigenvalue weighted by molar-refractivity contribution is 0.398. The molecular formula is C10H15BrN2O. The maximum Gasteiger partial charge on any atom is 0.214 e. The van der Waals surface area contributed by atoms with Crippen LogP contribution in [0.15, 0.2) is 18.3 Å². The number of alkyl halides is 1. The Bertz CT molecular complexity index is 291. The molecule has 4 heteroatoms. The quantitative estimate of drug-likeness (QED) is 0.776. The highest BCUT2D eigenvalue weighted by Crippen LogP contribution is 2.18. The van der Waals surface area contributed by atoms with Crippen molar-refractivity contribution in [1.82, 2.24) is 4.98 Å². The summed E-state index contributed by atoms with van der Waals surface area (Å²) in [5.74, 6) is 0.650. The Morgan fingerprint density at radius 2 is 2.36 bits per heavy atom. The first kappa shape index (κ1) is 11.3. The number of hydrogen-bond acceptors (Lipinski definition) is 3. The first-order valence-electron chi connectivity index (χ1n) is 4.48. The number of halogens is 1. The number of ether oxygens (including phenoxy) is 1. The van der Waals surface area contributed by atoms with Gasteiger partial charge in [0.05, 0.1) is 7.11 Å². The average molecular weight is 259 g/mol. The summed E-state index contributed by atoms with van der Waals surface area (Å²) in [7, 11) is 3.67. The van der Waals surface area contributed by atoms with Crippen molar-refractivity contribution in [1.29, 1.82) is 0 Å². The van der Waals surface area contributed by atoms with Crippen molar-refractivity contribution in [3.8, 4) is 5.88 Å². The van der Waals surface area contributed by atoms with Crippen molar-refractivity contribution in [3.05, 3.63) is 18.3 Å². The van der Waals surface area contributed by atoms with Gasteiger partial charge in [-0.1, -0.05) is 22.9 Å². The molecule has 0 aromatic carbocycles. The summed E-state index contributed by atoms with van der Waals surface area (Å²) in [6, 6.07) is 3.90. The van der Waals surface area contributed by atoms with Crippen molar-refractivity contribution in [2.45, 2.75) is 11.8 Å². The van der Waals surface area contributed by atoms with Crippen molar-refractivity contribution >= 4 is 21.6 Å². The third-order valence-corrected chi connectivity index (χ3v) is 2.18. The molecule has 0 saturated carbocycles. The van der Waals surface area contributed by atoms with E-state index in [0.717, 1.165) is 12.2 Å². The second-order valence-electron chi connectivity index (χ2n) is 3.22. The normalized spacial score (nSPS) is 12.3. The van der Waals surface area contributed by atoms with Gasteiger partial charge in [-0.05, 0) is 6.07 Å². The smallest absolute Gasteiger partial charge is 0.214 e. The third-order valence-electron chi connectivity index (χ3n) is 1.89. The number of rotatable bonds is 4. The summed E-state index contributed by atoms with van der Waals surface area (Å²) in [6.45, 7) is 3.07. The Morgan fingerprint density at radius 1 is 1.64 bits per heavy atom. The Labute approximate surface area is 93.2 Å². The van der Waals surface area contributed by atoms with Gasteiger partial charge in [0.15, 0.2) is 0 Å². The van der Waals surface area contributed by atoms with E-state index in [0.29, 0.717) is 10.7 Å². The van der Waals surface area contributed by atoms with Gasteiger partial charge in [-0.2, -0.15) is 0 Å². The van der Waals surface area contributed by atoms with Gasteiger partial charge in [-0.25, -0.2) is 4.98 Å². The largest absolute Gasteiger partial charge is 0.481 e. The van der Waals surface area contributed by atoms with Crippen LogP contribution in [0.5, 0.6) is 5.88 Å². The van der Waals surface area contributed by atoms with E-state index < -0.39 is 0 Å². The fourth-order valence-corrected chi connectivity index (χ4v) is 1.67. The summed E-state index contributed by atoms with van der Waals surface area (Å²) in [6.07, 6.45) is 1.75. The highest BCUT2D eigenvalue weighted by molar-refractivity contribution is 9.09. The molecule has 0 aliphatic rings. The highest BCUT2D eigenvalue weighted by atomic mass is 79.9. The van der Waals surface area contributed by atoms with Gasteiger partial charge in [0.1, 0.15) is 0 Å². The van der Waals surface area contributed by atoms with Crippen LogP contribution in [0.1, 0.15) is 6.92 Å². The molecule has 3 nitrogen and oxygen atoms in total. The first-order chi connectivity index (χ1) is 6.63. The van der Waals surface area contributed by atoms with Crippen LogP contribution in [-0.2, 0) is 0 Å². The van der Waals surface area contributed by atoms with Gasteiger partial charge in [0.25, 0.3) is 0 Å². The molecule has 0 radical (unpaired) electrons. The number of methoxy groups -OCH3 is 1. The number of nitrogens with zero attached hydrogens (tertiary/aromatic N) is 2. The fraction of sp³-hybridized carbons (Fsp3) is 0.500. The maximum absolute atomic E-state index is 5.06. The second kappa shape index (κ2) is 5.20. The minimum atomic E-state index is 0.465. The van der Waals surface area contributed by atoms with Crippen molar-refractivity contribution in [3.63, 3.8) is 0 Å². The molecule has 0 amide bonds. The van der Waals surface area contributed by atoms with Crippen molar-refractivity contribution in [2.75, 3.05) is 25.6 Å². The first-order valence-corrected chi connectivity index (χ1v) is 5.40. The zero-order valence-electron chi connectivity index (χ0n) is 8.70. The molecule has 0 aliphatic heterocycles. The molecule has 0 aliphatic carbocycles. The summed E-state index contributed by atoms with van der Waals surface area (Å²) < 4.78 is 5.06. The topological polar surface area (TPSA) is 25.4 Å². The zero-order chi connectivity index (χ0) is 10.6. The minimum absolute atomic E-state index is 0.465. The molecule has 1 unspecified atom stereocenters. The van der Waals surface area contributed by atoms with E-state index in [1.807, 2.05) is 19.2 Å². The van der Waals surface area contributed by atoms with Gasteiger partial charge >= 0.3 is 0 Å². The standard InChI is InChI=1S/C10H15BrN2O/c1-8(11)7-13(2)9-4-5-12-10(6-9)14-3/h4-6,8H,7H2,1-3H3. The van der Waals surface area contributed by atoms with Gasteiger partial charge in [-0.15, -0.1) is 0 Å². The van der Waals surface area contributed by atoms with E-state index >= 15 is 0 Å². The molecule has 78 valence electrons. The zero-order valence-corrected chi connectivity index (χ0v) is 10.3. The van der Waals surface area contributed by atoms with E-state index in [-0.39, 0.29) is 0 Å². The lowest BCUT2D eigenvalue weighted by Gasteiger charge is -2.20. The molecule has 0 fully saturated rings. The lowest BCUT2D eigenvalue weighted by atomic mass is 10.3. The monoisotopic (exact) mass is 258 g/mol. The number of aromatic nitrogens is 1. The van der Waals surface area contributed by atoms with Crippen LogP contribution >= 0.6 is 15.9 Å². The second-order valence-corrected chi connectivity index (χ2v) is 4.78. The molecule has 0 N–H and O–H groups in total. The van der Waals surface area contributed by atoms with Gasteiger partial charge in [-0.3, -0.25) is 0 Å². The third kappa shape index (κ3) is 3.18. The Hall–Kier alpha value is -0.770. The van der Waals surface area contributed by atoms with Gasteiger partial charge in [0.2, 0.25) is 5.88 Å². The van der Waals surface area contributed by atoms with Crippen LogP contribution in [0, 0.1) is 0 Å². The molecule has 0 spiro atoms.